The summed E-state index contributed by atoms with van der Waals surface area (Å²) in [5.41, 5.74) is 1.47. The van der Waals surface area contributed by atoms with Crippen molar-refractivity contribution in [2.75, 3.05) is 13.6 Å². The van der Waals surface area contributed by atoms with Crippen LogP contribution in [-0.4, -0.2) is 59.6 Å². The van der Waals surface area contributed by atoms with Gasteiger partial charge in [-0.2, -0.15) is 0 Å². The average Bonchev–Trinajstić information content (AvgIpc) is 3.31. The first-order valence-corrected chi connectivity index (χ1v) is 10.8. The topological polar surface area (TPSA) is 128 Å². The van der Waals surface area contributed by atoms with E-state index in [1.807, 2.05) is 24.3 Å². The van der Waals surface area contributed by atoms with Crippen molar-refractivity contribution in [3.8, 4) is 0 Å². The van der Waals surface area contributed by atoms with Crippen molar-refractivity contribution in [2.24, 2.45) is 16.8 Å². The second-order valence-electron chi connectivity index (χ2n) is 8.34. The zero-order valence-electron chi connectivity index (χ0n) is 17.6. The minimum Gasteiger partial charge on any atom is -0.356 e. The Labute approximate surface area is 180 Å². The fraction of sp³-hybridized carbons (Fsp3) is 0.500. The number of carbonyl (C=O) groups is 3. The van der Waals surface area contributed by atoms with E-state index in [0.29, 0.717) is 30.8 Å². The Morgan fingerprint density at radius 3 is 2.71 bits per heavy atom. The number of nitrogens with zero attached hydrogens (tertiary/aromatic N) is 2. The standard InChI is InChI=1S/C22H28N6O3/c1-23-12-15(11-14-8-9-24-20(14)29)25-21(30)18(10-13-6-7-13)28-22(31)19-26-16-4-2-3-5-17(16)27-19/h2-5,12-15,18H,6-11H2,1H3,(H,24,29)(H,25,30)(H,26,27)(H,28,31)/t14-,15-,18-/m0/s1. The van der Waals surface area contributed by atoms with Gasteiger partial charge in [0.05, 0.1) is 17.1 Å². The van der Waals surface area contributed by atoms with Crippen molar-refractivity contribution < 1.29 is 14.4 Å². The van der Waals surface area contributed by atoms with Crippen LogP contribution >= 0.6 is 0 Å². The van der Waals surface area contributed by atoms with Crippen LogP contribution in [0.5, 0.6) is 0 Å². The highest BCUT2D eigenvalue weighted by Gasteiger charge is 2.33. The van der Waals surface area contributed by atoms with E-state index in [1.54, 1.807) is 13.3 Å². The van der Waals surface area contributed by atoms with E-state index in [9.17, 15) is 14.4 Å². The predicted molar refractivity (Wildman–Crippen MR) is 117 cm³/mol. The van der Waals surface area contributed by atoms with Crippen LogP contribution in [0.15, 0.2) is 29.3 Å². The molecule has 2 fully saturated rings. The molecule has 4 rings (SSSR count). The smallest absolute Gasteiger partial charge is 0.287 e. The summed E-state index contributed by atoms with van der Waals surface area (Å²) in [6.07, 6.45) is 5.59. The van der Waals surface area contributed by atoms with Crippen molar-refractivity contribution in [2.45, 2.75) is 44.2 Å². The van der Waals surface area contributed by atoms with Gasteiger partial charge in [-0.15, -0.1) is 0 Å². The first-order chi connectivity index (χ1) is 15.0. The summed E-state index contributed by atoms with van der Waals surface area (Å²) in [4.78, 5) is 49.2. The Kier molecular flexibility index (Phi) is 6.29. The van der Waals surface area contributed by atoms with E-state index in [-0.39, 0.29) is 29.6 Å². The molecule has 1 aliphatic carbocycles. The number of carbonyl (C=O) groups excluding carboxylic acids is 3. The second kappa shape index (κ2) is 9.28. The molecule has 2 aromatic rings. The largest absolute Gasteiger partial charge is 0.356 e. The molecule has 164 valence electrons. The van der Waals surface area contributed by atoms with Crippen LogP contribution in [0.25, 0.3) is 11.0 Å². The van der Waals surface area contributed by atoms with Crippen LogP contribution in [0.1, 0.15) is 42.7 Å². The second-order valence-corrected chi connectivity index (χ2v) is 8.34. The Balaban J connectivity index is 1.43. The maximum Gasteiger partial charge on any atom is 0.287 e. The number of hydrogen-bond acceptors (Lipinski definition) is 5. The summed E-state index contributed by atoms with van der Waals surface area (Å²) in [6.45, 7) is 0.658. The van der Waals surface area contributed by atoms with Crippen molar-refractivity contribution in [3.63, 3.8) is 0 Å². The molecule has 1 aromatic heterocycles. The van der Waals surface area contributed by atoms with E-state index in [2.05, 4.69) is 30.9 Å². The summed E-state index contributed by atoms with van der Waals surface area (Å²) >= 11 is 0. The molecule has 1 aliphatic heterocycles. The third-order valence-corrected chi connectivity index (χ3v) is 5.85. The summed E-state index contributed by atoms with van der Waals surface area (Å²) in [6, 6.07) is 6.36. The Hall–Kier alpha value is -3.23. The van der Waals surface area contributed by atoms with Gasteiger partial charge in [0, 0.05) is 25.7 Å². The quantitative estimate of drug-likeness (QED) is 0.451. The molecule has 2 aliphatic rings. The zero-order valence-corrected chi connectivity index (χ0v) is 17.6. The van der Waals surface area contributed by atoms with E-state index in [0.717, 1.165) is 24.8 Å². The van der Waals surface area contributed by atoms with E-state index >= 15 is 0 Å². The molecule has 2 heterocycles. The highest BCUT2D eigenvalue weighted by atomic mass is 16.2. The van der Waals surface area contributed by atoms with Crippen LogP contribution < -0.4 is 16.0 Å². The molecule has 0 bridgehead atoms. The minimum absolute atomic E-state index is 0.0106. The van der Waals surface area contributed by atoms with Gasteiger partial charge in [-0.25, -0.2) is 4.98 Å². The van der Waals surface area contributed by atoms with Gasteiger partial charge in [0.2, 0.25) is 11.8 Å². The number of fused-ring (bicyclic) bond motifs is 1. The molecule has 31 heavy (non-hydrogen) atoms. The first-order valence-electron chi connectivity index (χ1n) is 10.8. The van der Waals surface area contributed by atoms with Crippen LogP contribution in [0.4, 0.5) is 0 Å². The summed E-state index contributed by atoms with van der Waals surface area (Å²) in [5.74, 6) is -0.186. The third kappa shape index (κ3) is 5.28. The van der Waals surface area contributed by atoms with Gasteiger partial charge in [-0.05, 0) is 37.3 Å². The SMILES string of the molecule is CN=C[C@H](C[C@@H]1CCNC1=O)NC(=O)[C@H](CC1CC1)NC(=O)c1nc2ccccc2[nH]1. The molecule has 0 spiro atoms. The number of nitrogens with one attached hydrogen (secondary N) is 4. The third-order valence-electron chi connectivity index (χ3n) is 5.85. The van der Waals surface area contributed by atoms with Gasteiger partial charge >= 0.3 is 0 Å². The number of amides is 3. The van der Waals surface area contributed by atoms with E-state index in [1.165, 1.54) is 0 Å². The highest BCUT2D eigenvalue weighted by molar-refractivity contribution is 5.97. The number of imidazole rings is 1. The Morgan fingerprint density at radius 1 is 1.23 bits per heavy atom. The molecule has 9 nitrogen and oxygen atoms in total. The van der Waals surface area contributed by atoms with Crippen LogP contribution in [0.3, 0.4) is 0 Å². The molecule has 9 heteroatoms. The minimum atomic E-state index is -0.668. The number of para-hydroxylation sites is 2. The van der Waals surface area contributed by atoms with Crippen molar-refractivity contribution in [1.29, 1.82) is 0 Å². The van der Waals surface area contributed by atoms with Gasteiger partial charge in [-0.1, -0.05) is 25.0 Å². The van der Waals surface area contributed by atoms with Crippen molar-refractivity contribution >= 4 is 35.0 Å². The van der Waals surface area contributed by atoms with E-state index < -0.39 is 11.9 Å². The predicted octanol–water partition coefficient (Wildman–Crippen LogP) is 1.17. The molecular weight excluding hydrogens is 396 g/mol. The van der Waals surface area contributed by atoms with Crippen molar-refractivity contribution in [3.05, 3.63) is 30.1 Å². The number of hydrogen-bond donors (Lipinski definition) is 4. The lowest BCUT2D eigenvalue weighted by molar-refractivity contribution is -0.125. The highest BCUT2D eigenvalue weighted by Crippen LogP contribution is 2.33. The lowest BCUT2D eigenvalue weighted by atomic mass is 9.98. The molecule has 3 atom stereocenters. The Bertz CT molecular complexity index is 963. The first kappa shape index (κ1) is 21.0. The molecule has 0 unspecified atom stereocenters. The average molecular weight is 425 g/mol. The maximum atomic E-state index is 13.1. The van der Waals surface area contributed by atoms with Gasteiger partial charge in [0.25, 0.3) is 5.91 Å². The lowest BCUT2D eigenvalue weighted by Crippen LogP contribution is -2.51. The number of aromatic nitrogens is 2. The number of rotatable bonds is 9. The Morgan fingerprint density at radius 2 is 2.03 bits per heavy atom. The van der Waals surface area contributed by atoms with Crippen LogP contribution in [0, 0.1) is 11.8 Å². The normalized spacial score (nSPS) is 20.5. The molecule has 3 amide bonds. The zero-order chi connectivity index (χ0) is 21.8. The molecule has 1 aromatic carbocycles. The van der Waals surface area contributed by atoms with Gasteiger partial charge < -0.3 is 20.9 Å². The summed E-state index contributed by atoms with van der Waals surface area (Å²) in [5, 5.41) is 8.63. The molecule has 0 radical (unpaired) electrons. The lowest BCUT2D eigenvalue weighted by Gasteiger charge is -2.22. The van der Waals surface area contributed by atoms with Gasteiger partial charge in [-0.3, -0.25) is 19.4 Å². The summed E-state index contributed by atoms with van der Waals surface area (Å²) < 4.78 is 0. The molecule has 4 N–H and O–H groups in total. The van der Waals surface area contributed by atoms with Crippen molar-refractivity contribution in [1.82, 2.24) is 25.9 Å². The molecule has 1 saturated carbocycles. The monoisotopic (exact) mass is 424 g/mol. The number of aromatic amines is 1. The summed E-state index contributed by atoms with van der Waals surface area (Å²) in [7, 11) is 1.64. The number of H-pyrrole nitrogens is 1. The van der Waals surface area contributed by atoms with Gasteiger partial charge in [0.15, 0.2) is 5.82 Å². The van der Waals surface area contributed by atoms with Crippen LogP contribution in [0.2, 0.25) is 0 Å². The fourth-order valence-corrected chi connectivity index (χ4v) is 4.00. The fourth-order valence-electron chi connectivity index (χ4n) is 4.00. The van der Waals surface area contributed by atoms with E-state index in [4.69, 9.17) is 0 Å². The number of aliphatic imine (C=N–C) groups is 1. The molecule has 1 saturated heterocycles. The molecular formula is C22H28N6O3. The van der Waals surface area contributed by atoms with Crippen LogP contribution in [-0.2, 0) is 9.59 Å². The maximum absolute atomic E-state index is 13.1. The number of benzene rings is 1. The van der Waals surface area contributed by atoms with Gasteiger partial charge in [0.1, 0.15) is 6.04 Å².